The van der Waals surface area contributed by atoms with Crippen LogP contribution in [0.3, 0.4) is 0 Å². The van der Waals surface area contributed by atoms with Gasteiger partial charge in [0.1, 0.15) is 0 Å². The van der Waals surface area contributed by atoms with Crippen LogP contribution in [0.1, 0.15) is 24.8 Å². The Morgan fingerprint density at radius 3 is 2.78 bits per heavy atom. The molecule has 0 spiro atoms. The van der Waals surface area contributed by atoms with Crippen molar-refractivity contribution >= 4 is 17.3 Å². The van der Waals surface area contributed by atoms with Crippen molar-refractivity contribution in [3.05, 3.63) is 22.4 Å². The molecule has 2 heterocycles. The van der Waals surface area contributed by atoms with E-state index in [0.717, 1.165) is 19.6 Å². The van der Waals surface area contributed by atoms with E-state index < -0.39 is 5.97 Å². The number of carboxylic acids is 1. The van der Waals surface area contributed by atoms with Gasteiger partial charge in [0.2, 0.25) is 0 Å². The van der Waals surface area contributed by atoms with Gasteiger partial charge in [-0.15, -0.1) is 0 Å². The minimum atomic E-state index is -0.688. The van der Waals surface area contributed by atoms with Crippen molar-refractivity contribution in [3.8, 4) is 0 Å². The van der Waals surface area contributed by atoms with Crippen molar-refractivity contribution in [2.45, 2.75) is 37.4 Å². The maximum atomic E-state index is 11.1. The van der Waals surface area contributed by atoms with E-state index in [4.69, 9.17) is 5.11 Å². The van der Waals surface area contributed by atoms with Gasteiger partial charge in [0, 0.05) is 25.7 Å². The third-order valence-corrected chi connectivity index (χ3v) is 4.65. The second-order valence-electron chi connectivity index (χ2n) is 5.39. The molecule has 98 valence electrons. The highest BCUT2D eigenvalue weighted by Gasteiger charge is 2.49. The van der Waals surface area contributed by atoms with Crippen LogP contribution in [0.15, 0.2) is 16.8 Å². The summed E-state index contributed by atoms with van der Waals surface area (Å²) in [6.07, 6.45) is 2.68. The largest absolute Gasteiger partial charge is 0.481 e. The van der Waals surface area contributed by atoms with E-state index in [1.165, 1.54) is 18.4 Å². The summed E-state index contributed by atoms with van der Waals surface area (Å²) < 4.78 is 0. The van der Waals surface area contributed by atoms with Gasteiger partial charge in [-0.05, 0) is 35.2 Å². The van der Waals surface area contributed by atoms with Crippen LogP contribution in [0.4, 0.5) is 0 Å². The average Bonchev–Trinajstić information content (AvgIpc) is 2.98. The van der Waals surface area contributed by atoms with Crippen molar-refractivity contribution in [3.63, 3.8) is 0 Å². The number of carboxylic acid groups (broad SMARTS) is 1. The van der Waals surface area contributed by atoms with E-state index in [2.05, 4.69) is 27.0 Å². The molecule has 1 aromatic rings. The normalized spacial score (nSPS) is 21.8. The standard InChI is InChI=1S/C13H18N2O2S/c16-12(17)5-13(8-14-9-13)15(11-1-2-11)6-10-3-4-18-7-10/h3-4,7,11,14H,1-2,5-6,8-9H2,(H,16,17). The number of nitrogens with one attached hydrogen (secondary N) is 1. The fourth-order valence-electron chi connectivity index (χ4n) is 2.77. The van der Waals surface area contributed by atoms with Crippen LogP contribution in [-0.4, -0.2) is 40.6 Å². The molecule has 0 amide bonds. The lowest BCUT2D eigenvalue weighted by molar-refractivity contribution is -0.142. The number of hydrogen-bond acceptors (Lipinski definition) is 4. The lowest BCUT2D eigenvalue weighted by atomic mass is 9.85. The molecule has 0 radical (unpaired) electrons. The van der Waals surface area contributed by atoms with Crippen molar-refractivity contribution in [1.29, 1.82) is 0 Å². The molecule has 2 aliphatic rings. The molecule has 1 aliphatic carbocycles. The predicted molar refractivity (Wildman–Crippen MR) is 70.7 cm³/mol. The Morgan fingerprint density at radius 2 is 2.33 bits per heavy atom. The number of aliphatic carboxylic acids is 1. The predicted octanol–water partition coefficient (Wildman–Crippen LogP) is 1.53. The molecule has 0 aromatic carbocycles. The minimum Gasteiger partial charge on any atom is -0.481 e. The first kappa shape index (κ1) is 12.1. The van der Waals surface area contributed by atoms with Crippen LogP contribution < -0.4 is 5.32 Å². The highest BCUT2D eigenvalue weighted by Crippen LogP contribution is 2.38. The van der Waals surface area contributed by atoms with Gasteiger partial charge in [-0.2, -0.15) is 11.3 Å². The maximum Gasteiger partial charge on any atom is 0.305 e. The fourth-order valence-corrected chi connectivity index (χ4v) is 3.43. The van der Waals surface area contributed by atoms with Gasteiger partial charge in [0.15, 0.2) is 0 Å². The zero-order chi connectivity index (χ0) is 12.6. The van der Waals surface area contributed by atoms with E-state index in [1.54, 1.807) is 11.3 Å². The zero-order valence-corrected chi connectivity index (χ0v) is 11.1. The highest BCUT2D eigenvalue weighted by atomic mass is 32.1. The minimum absolute atomic E-state index is 0.158. The molecule has 1 aromatic heterocycles. The molecule has 1 aliphatic heterocycles. The summed E-state index contributed by atoms with van der Waals surface area (Å²) in [7, 11) is 0. The summed E-state index contributed by atoms with van der Waals surface area (Å²) in [5, 5.41) is 16.6. The first-order valence-corrected chi connectivity index (χ1v) is 7.34. The highest BCUT2D eigenvalue weighted by molar-refractivity contribution is 7.07. The summed E-state index contributed by atoms with van der Waals surface area (Å²) in [4.78, 5) is 13.5. The number of hydrogen-bond donors (Lipinski definition) is 2. The first-order chi connectivity index (χ1) is 8.70. The van der Waals surface area contributed by atoms with Gasteiger partial charge in [-0.1, -0.05) is 0 Å². The lowest BCUT2D eigenvalue weighted by Gasteiger charge is -2.50. The average molecular weight is 266 g/mol. The number of carbonyl (C=O) groups is 1. The topological polar surface area (TPSA) is 52.6 Å². The third kappa shape index (κ3) is 2.30. The zero-order valence-electron chi connectivity index (χ0n) is 10.3. The Labute approximate surface area is 111 Å². The fraction of sp³-hybridized carbons (Fsp3) is 0.615. The molecule has 2 N–H and O–H groups in total. The van der Waals surface area contributed by atoms with Gasteiger partial charge < -0.3 is 10.4 Å². The number of thiophene rings is 1. The Morgan fingerprint density at radius 1 is 1.56 bits per heavy atom. The molecule has 3 rings (SSSR count). The summed E-state index contributed by atoms with van der Waals surface area (Å²) >= 11 is 1.71. The van der Waals surface area contributed by atoms with Crippen LogP contribution in [-0.2, 0) is 11.3 Å². The van der Waals surface area contributed by atoms with Crippen LogP contribution >= 0.6 is 11.3 Å². The van der Waals surface area contributed by atoms with Crippen molar-refractivity contribution in [2.24, 2.45) is 0 Å². The first-order valence-electron chi connectivity index (χ1n) is 6.40. The molecule has 0 bridgehead atoms. The van der Waals surface area contributed by atoms with E-state index in [1.807, 2.05) is 0 Å². The van der Waals surface area contributed by atoms with E-state index in [9.17, 15) is 4.79 Å². The van der Waals surface area contributed by atoms with E-state index >= 15 is 0 Å². The van der Waals surface area contributed by atoms with Crippen LogP contribution in [0.5, 0.6) is 0 Å². The van der Waals surface area contributed by atoms with Gasteiger partial charge in [-0.3, -0.25) is 9.69 Å². The van der Waals surface area contributed by atoms with Crippen molar-refractivity contribution in [2.75, 3.05) is 13.1 Å². The molecule has 1 saturated carbocycles. The molecule has 4 nitrogen and oxygen atoms in total. The lowest BCUT2D eigenvalue weighted by Crippen LogP contribution is -2.69. The maximum absolute atomic E-state index is 11.1. The Balaban J connectivity index is 1.77. The van der Waals surface area contributed by atoms with Gasteiger partial charge in [0.25, 0.3) is 0 Å². The molecule has 5 heteroatoms. The van der Waals surface area contributed by atoms with E-state index in [0.29, 0.717) is 6.04 Å². The summed E-state index contributed by atoms with van der Waals surface area (Å²) in [6.45, 7) is 2.50. The second kappa shape index (κ2) is 4.64. The third-order valence-electron chi connectivity index (χ3n) is 3.92. The molecular weight excluding hydrogens is 248 g/mol. The Kier molecular flexibility index (Phi) is 3.13. The Bertz CT molecular complexity index is 424. The SMILES string of the molecule is O=C(O)CC1(N(Cc2ccsc2)C2CC2)CNC1. The number of rotatable bonds is 6. The quantitative estimate of drug-likeness (QED) is 0.820. The van der Waals surface area contributed by atoms with Crippen LogP contribution in [0.25, 0.3) is 0 Å². The van der Waals surface area contributed by atoms with Crippen molar-refractivity contribution < 1.29 is 9.90 Å². The molecular formula is C13H18N2O2S. The van der Waals surface area contributed by atoms with Gasteiger partial charge >= 0.3 is 5.97 Å². The van der Waals surface area contributed by atoms with Gasteiger partial charge in [-0.25, -0.2) is 0 Å². The monoisotopic (exact) mass is 266 g/mol. The van der Waals surface area contributed by atoms with Crippen LogP contribution in [0.2, 0.25) is 0 Å². The van der Waals surface area contributed by atoms with Gasteiger partial charge in [0.05, 0.1) is 12.0 Å². The number of nitrogens with zero attached hydrogens (tertiary/aromatic N) is 1. The van der Waals surface area contributed by atoms with Crippen molar-refractivity contribution in [1.82, 2.24) is 10.2 Å². The molecule has 0 unspecified atom stereocenters. The second-order valence-corrected chi connectivity index (χ2v) is 6.17. The molecule has 0 atom stereocenters. The Hall–Kier alpha value is -0.910. The van der Waals surface area contributed by atoms with Crippen LogP contribution in [0, 0.1) is 0 Å². The summed E-state index contributed by atoms with van der Waals surface area (Å²) in [5.74, 6) is -0.688. The van der Waals surface area contributed by atoms with E-state index in [-0.39, 0.29) is 12.0 Å². The summed E-state index contributed by atoms with van der Waals surface area (Å²) in [5.41, 5.74) is 1.15. The molecule has 18 heavy (non-hydrogen) atoms. The smallest absolute Gasteiger partial charge is 0.305 e. The molecule has 1 saturated heterocycles. The molecule has 2 fully saturated rings. The summed E-state index contributed by atoms with van der Waals surface area (Å²) in [6, 6.07) is 2.73.